The van der Waals surface area contributed by atoms with Crippen LogP contribution in [-0.4, -0.2) is 54.5 Å². The summed E-state index contributed by atoms with van der Waals surface area (Å²) < 4.78 is 35.4. The van der Waals surface area contributed by atoms with Gasteiger partial charge in [0.2, 0.25) is 0 Å². The summed E-state index contributed by atoms with van der Waals surface area (Å²) in [5.74, 6) is 1.86. The van der Waals surface area contributed by atoms with Crippen molar-refractivity contribution < 1.29 is 23.0 Å². The van der Waals surface area contributed by atoms with Gasteiger partial charge >= 0.3 is 0 Å². The first-order valence-electron chi connectivity index (χ1n) is 11.8. The molecule has 1 aromatic heterocycles. The second-order valence-corrected chi connectivity index (χ2v) is 12.1. The van der Waals surface area contributed by atoms with E-state index in [2.05, 4.69) is 29.1 Å². The highest BCUT2D eigenvalue weighted by Crippen LogP contribution is 2.25. The number of β-amino-alcohol motifs (C(OH)–C–C–N with tert-alkyl or cyclic N) is 1. The van der Waals surface area contributed by atoms with Crippen LogP contribution in [0.4, 0.5) is 0 Å². The first kappa shape index (κ1) is 26.9. The fourth-order valence-electron chi connectivity index (χ4n) is 3.93. The Morgan fingerprint density at radius 1 is 1.00 bits per heavy atom. The predicted molar refractivity (Wildman–Crippen MR) is 147 cm³/mol. The molecule has 10 heteroatoms. The summed E-state index contributed by atoms with van der Waals surface area (Å²) in [5.41, 5.74) is 2.48. The van der Waals surface area contributed by atoms with Gasteiger partial charge in [-0.05, 0) is 86.6 Å². The minimum absolute atomic E-state index is 0.144. The number of hydrogen-bond donors (Lipinski definition) is 4. The zero-order valence-corrected chi connectivity index (χ0v) is 22.6. The van der Waals surface area contributed by atoms with Crippen LogP contribution in [0.25, 0.3) is 11.0 Å². The number of para-hydroxylation sites is 1. The predicted octanol–water partition coefficient (Wildman–Crippen LogP) is 4.77. The molecule has 4 aromatic rings. The molecular formula is C27H31N3O5S2. The minimum atomic E-state index is -3.24. The van der Waals surface area contributed by atoms with Gasteiger partial charge in [-0.3, -0.25) is 0 Å². The molecule has 0 fully saturated rings. The summed E-state index contributed by atoms with van der Waals surface area (Å²) in [7, 11) is -3.24. The van der Waals surface area contributed by atoms with Gasteiger partial charge in [-0.15, -0.1) is 0 Å². The van der Waals surface area contributed by atoms with Crippen LogP contribution in [0.2, 0.25) is 0 Å². The minimum Gasteiger partial charge on any atom is -0.489 e. The molecule has 1 heterocycles. The fraction of sp³-hybridized carbons (Fsp3) is 0.296. The second kappa shape index (κ2) is 11.1. The number of sulfone groups is 1. The number of aromatic amines is 2. The third-order valence-corrected chi connectivity index (χ3v) is 7.15. The standard InChI is InChI=1S/C27H31N3O5S2/c1-27(2,28-16-19(31)17-34-24-6-4-5-23-25(24)30-26(36)29-23)15-18-7-9-20(10-8-18)35-21-11-13-22(14-12-21)37(3,32)33/h4-14,19,28,31H,15-17H2,1-3H3,(H2,29,30,36)/t19-/m0/s1. The lowest BCUT2D eigenvalue weighted by Gasteiger charge is -2.28. The maximum atomic E-state index is 11.6. The monoisotopic (exact) mass is 541 g/mol. The second-order valence-electron chi connectivity index (χ2n) is 9.65. The Morgan fingerprint density at radius 3 is 2.30 bits per heavy atom. The maximum absolute atomic E-state index is 11.6. The van der Waals surface area contributed by atoms with Crippen molar-refractivity contribution in [3.8, 4) is 17.2 Å². The van der Waals surface area contributed by atoms with Gasteiger partial charge in [0.15, 0.2) is 14.6 Å². The van der Waals surface area contributed by atoms with E-state index in [1.165, 1.54) is 18.4 Å². The number of H-pyrrole nitrogens is 2. The molecule has 0 amide bonds. The van der Waals surface area contributed by atoms with E-state index < -0.39 is 15.9 Å². The Morgan fingerprint density at radius 2 is 1.65 bits per heavy atom. The van der Waals surface area contributed by atoms with Gasteiger partial charge in [-0.25, -0.2) is 8.42 Å². The first-order chi connectivity index (χ1) is 17.5. The van der Waals surface area contributed by atoms with Crippen LogP contribution in [0.5, 0.6) is 17.2 Å². The van der Waals surface area contributed by atoms with E-state index in [1.54, 1.807) is 12.1 Å². The number of fused-ring (bicyclic) bond motifs is 1. The summed E-state index contributed by atoms with van der Waals surface area (Å²) in [6.07, 6.45) is 1.22. The van der Waals surface area contributed by atoms with Gasteiger partial charge in [0, 0.05) is 18.3 Å². The Kier molecular flexibility index (Phi) is 8.03. The highest BCUT2D eigenvalue weighted by molar-refractivity contribution is 7.90. The van der Waals surface area contributed by atoms with Crippen molar-refractivity contribution in [2.75, 3.05) is 19.4 Å². The van der Waals surface area contributed by atoms with Gasteiger partial charge in [0.1, 0.15) is 35.5 Å². The first-order valence-corrected chi connectivity index (χ1v) is 14.1. The summed E-state index contributed by atoms with van der Waals surface area (Å²) in [4.78, 5) is 6.37. The van der Waals surface area contributed by atoms with Gasteiger partial charge in [0.05, 0.1) is 10.4 Å². The largest absolute Gasteiger partial charge is 0.489 e. The molecule has 1 atom stereocenters. The summed E-state index contributed by atoms with van der Waals surface area (Å²) in [5, 5.41) is 13.9. The number of aliphatic hydroxyl groups excluding tert-OH is 1. The average molecular weight is 542 g/mol. The Hall–Kier alpha value is -3.18. The molecule has 0 unspecified atom stereocenters. The molecule has 0 saturated carbocycles. The number of aromatic nitrogens is 2. The molecule has 3 aromatic carbocycles. The molecule has 0 aliphatic carbocycles. The van der Waals surface area contributed by atoms with E-state index in [0.29, 0.717) is 28.6 Å². The fourth-order valence-corrected chi connectivity index (χ4v) is 4.77. The lowest BCUT2D eigenvalue weighted by Crippen LogP contribution is -2.46. The average Bonchev–Trinajstić information content (AvgIpc) is 3.23. The molecular weight excluding hydrogens is 510 g/mol. The number of nitrogens with one attached hydrogen (secondary N) is 3. The van der Waals surface area contributed by atoms with Crippen LogP contribution in [0.1, 0.15) is 19.4 Å². The molecule has 37 heavy (non-hydrogen) atoms. The van der Waals surface area contributed by atoms with Gasteiger partial charge < -0.3 is 29.9 Å². The van der Waals surface area contributed by atoms with Crippen LogP contribution in [-0.2, 0) is 16.3 Å². The number of aliphatic hydroxyl groups is 1. The molecule has 196 valence electrons. The molecule has 4 rings (SSSR count). The Bertz CT molecular complexity index is 1510. The zero-order valence-electron chi connectivity index (χ0n) is 20.9. The molecule has 0 aliphatic heterocycles. The normalized spacial score (nSPS) is 13.0. The lowest BCUT2D eigenvalue weighted by molar-refractivity contribution is 0.0995. The molecule has 0 saturated heterocycles. The van der Waals surface area contributed by atoms with E-state index in [1.807, 2.05) is 42.5 Å². The van der Waals surface area contributed by atoms with Crippen LogP contribution in [0, 0.1) is 4.77 Å². The van der Waals surface area contributed by atoms with E-state index in [-0.39, 0.29) is 17.0 Å². The molecule has 0 aliphatic rings. The molecule has 0 radical (unpaired) electrons. The van der Waals surface area contributed by atoms with Crippen LogP contribution >= 0.6 is 12.2 Å². The number of hydrogen-bond acceptors (Lipinski definition) is 7. The molecule has 0 spiro atoms. The smallest absolute Gasteiger partial charge is 0.175 e. The van der Waals surface area contributed by atoms with Crippen molar-refractivity contribution in [2.45, 2.75) is 36.8 Å². The summed E-state index contributed by atoms with van der Waals surface area (Å²) in [6.45, 7) is 4.67. The van der Waals surface area contributed by atoms with E-state index in [0.717, 1.165) is 23.0 Å². The SMILES string of the molecule is CC(C)(Cc1ccc(Oc2ccc(S(C)(=O)=O)cc2)cc1)NC[C@H](O)COc1cccc2[nH]c(=S)[nH]c12. The third-order valence-electron chi connectivity index (χ3n) is 5.82. The highest BCUT2D eigenvalue weighted by Gasteiger charge is 2.20. The zero-order chi connectivity index (χ0) is 26.6. The highest BCUT2D eigenvalue weighted by atomic mass is 32.2. The van der Waals surface area contributed by atoms with E-state index >= 15 is 0 Å². The van der Waals surface area contributed by atoms with Crippen molar-refractivity contribution in [3.05, 3.63) is 77.1 Å². The van der Waals surface area contributed by atoms with Crippen LogP contribution in [0.15, 0.2) is 71.6 Å². The Labute approximate surface area is 221 Å². The molecule has 4 N–H and O–H groups in total. The van der Waals surface area contributed by atoms with Gasteiger partial charge in [-0.1, -0.05) is 18.2 Å². The van der Waals surface area contributed by atoms with Gasteiger partial charge in [0.25, 0.3) is 0 Å². The summed E-state index contributed by atoms with van der Waals surface area (Å²) >= 11 is 5.14. The topological polar surface area (TPSA) is 116 Å². The number of rotatable bonds is 11. The van der Waals surface area contributed by atoms with Crippen LogP contribution < -0.4 is 14.8 Å². The molecule has 0 bridgehead atoms. The van der Waals surface area contributed by atoms with Crippen molar-refractivity contribution in [1.82, 2.24) is 15.3 Å². The van der Waals surface area contributed by atoms with Crippen molar-refractivity contribution in [3.63, 3.8) is 0 Å². The van der Waals surface area contributed by atoms with Crippen molar-refractivity contribution >= 4 is 33.1 Å². The number of ether oxygens (including phenoxy) is 2. The van der Waals surface area contributed by atoms with Gasteiger partial charge in [-0.2, -0.15) is 0 Å². The van der Waals surface area contributed by atoms with Crippen LogP contribution in [0.3, 0.4) is 0 Å². The van der Waals surface area contributed by atoms with E-state index in [9.17, 15) is 13.5 Å². The lowest BCUT2D eigenvalue weighted by atomic mass is 9.94. The van der Waals surface area contributed by atoms with Crippen molar-refractivity contribution in [1.29, 1.82) is 0 Å². The number of imidazole rings is 1. The quantitative estimate of drug-likeness (QED) is 0.202. The Balaban J connectivity index is 1.26. The summed E-state index contributed by atoms with van der Waals surface area (Å²) in [6, 6.07) is 19.7. The van der Waals surface area contributed by atoms with E-state index in [4.69, 9.17) is 21.7 Å². The van der Waals surface area contributed by atoms with Crippen molar-refractivity contribution in [2.24, 2.45) is 0 Å². The maximum Gasteiger partial charge on any atom is 0.175 e. The number of benzene rings is 3. The molecule has 8 nitrogen and oxygen atoms in total. The third kappa shape index (κ3) is 7.42.